The summed E-state index contributed by atoms with van der Waals surface area (Å²) in [5, 5.41) is 3.53. The van der Waals surface area contributed by atoms with Crippen LogP contribution in [0.3, 0.4) is 0 Å². The van der Waals surface area contributed by atoms with Crippen molar-refractivity contribution in [3.8, 4) is 0 Å². The largest absolute Gasteiger partial charge is 0.465 e. The lowest BCUT2D eigenvalue weighted by molar-refractivity contribution is -0.160. The predicted molar refractivity (Wildman–Crippen MR) is 239 cm³/mol. The number of thiocarbonyl (C=S) groups is 1. The maximum Gasteiger partial charge on any atom is 0.326 e. The molecule has 1 N–H and O–H groups in total. The molecule has 4 atom stereocenters. The van der Waals surface area contributed by atoms with Crippen molar-refractivity contribution in [3.63, 3.8) is 0 Å². The summed E-state index contributed by atoms with van der Waals surface area (Å²) in [7, 11) is 1.69. The maximum atomic E-state index is 14.0. The Kier molecular flexibility index (Phi) is 24.5. The number of methoxy groups -OCH3 is 1. The fourth-order valence-corrected chi connectivity index (χ4v) is 10.0. The molecule has 1 aliphatic heterocycles. The molecule has 1 fully saturated rings. The van der Waals surface area contributed by atoms with E-state index in [1.165, 1.54) is 11.8 Å². The minimum Gasteiger partial charge on any atom is -0.465 e. The van der Waals surface area contributed by atoms with Gasteiger partial charge in [0.05, 0.1) is 43.7 Å². The number of esters is 4. The highest BCUT2D eigenvalue weighted by Crippen LogP contribution is 2.47. The van der Waals surface area contributed by atoms with Crippen molar-refractivity contribution in [2.75, 3.05) is 45.9 Å². The first-order chi connectivity index (χ1) is 26.6. The van der Waals surface area contributed by atoms with Crippen LogP contribution in [0.4, 0.5) is 0 Å². The van der Waals surface area contributed by atoms with Crippen LogP contribution in [0.1, 0.15) is 166 Å². The van der Waals surface area contributed by atoms with Crippen LogP contribution in [0.5, 0.6) is 0 Å². The average Bonchev–Trinajstić information content (AvgIpc) is 3.41. The summed E-state index contributed by atoms with van der Waals surface area (Å²) in [5.74, 6) is -1.81. The van der Waals surface area contributed by atoms with E-state index in [-0.39, 0.29) is 49.4 Å². The number of carbonyl (C=O) groups excluding carboxylic acids is 4. The monoisotopic (exact) mass is 861 g/mol. The normalized spacial score (nSPS) is 20.5. The molecule has 13 heteroatoms. The van der Waals surface area contributed by atoms with Gasteiger partial charge < -0.3 is 23.7 Å². The zero-order chi connectivity index (χ0) is 43.3. The van der Waals surface area contributed by atoms with E-state index >= 15 is 0 Å². The van der Waals surface area contributed by atoms with Gasteiger partial charge >= 0.3 is 23.9 Å². The molecular formula is C44H79NO9S3. The number of unbranched alkanes of at least 4 members (excludes halogenated alkanes) is 8. The molecular weight excluding hydrogens is 783 g/mol. The molecule has 0 aromatic rings. The Balaban J connectivity index is 3.12. The third kappa shape index (κ3) is 18.4. The van der Waals surface area contributed by atoms with Crippen LogP contribution in [0.25, 0.3) is 0 Å². The van der Waals surface area contributed by atoms with E-state index in [1.807, 2.05) is 62.3 Å². The van der Waals surface area contributed by atoms with E-state index in [0.29, 0.717) is 26.2 Å². The molecule has 4 unspecified atom stereocenters. The first kappa shape index (κ1) is 53.6. The lowest BCUT2D eigenvalue weighted by Crippen LogP contribution is -2.56. The minimum atomic E-state index is -1.19. The van der Waals surface area contributed by atoms with Gasteiger partial charge in [0.1, 0.15) is 9.07 Å². The molecule has 0 aromatic carbocycles. The average molecular weight is 862 g/mol. The van der Waals surface area contributed by atoms with Crippen molar-refractivity contribution in [1.82, 2.24) is 5.32 Å². The SMILES string of the molecule is CCCCOC(=O)C(CC1(C)NC(C)(C(=O)OCCCCCCOC(=O)C(C)(C)C(C)(C)C)CC1C(=O)OCCCCCCOC)C(C)(C)SC(=S)SCCCC. The van der Waals surface area contributed by atoms with E-state index in [0.717, 1.165) is 79.9 Å². The Morgan fingerprint density at radius 2 is 1.26 bits per heavy atom. The smallest absolute Gasteiger partial charge is 0.326 e. The van der Waals surface area contributed by atoms with E-state index in [2.05, 4.69) is 12.2 Å². The zero-order valence-electron chi connectivity index (χ0n) is 37.7. The molecule has 0 saturated carbocycles. The van der Waals surface area contributed by atoms with E-state index < -0.39 is 39.0 Å². The number of hydrogen-bond donors (Lipinski definition) is 1. The van der Waals surface area contributed by atoms with Crippen LogP contribution < -0.4 is 5.32 Å². The summed E-state index contributed by atoms with van der Waals surface area (Å²) < 4.78 is 28.4. The van der Waals surface area contributed by atoms with Gasteiger partial charge in [0.15, 0.2) is 0 Å². The Labute approximate surface area is 360 Å². The predicted octanol–water partition coefficient (Wildman–Crippen LogP) is 10.3. The molecule has 0 amide bonds. The highest BCUT2D eigenvalue weighted by Gasteiger charge is 2.59. The summed E-state index contributed by atoms with van der Waals surface area (Å²) in [6.45, 7) is 23.7. The van der Waals surface area contributed by atoms with Gasteiger partial charge in [0.2, 0.25) is 0 Å². The molecule has 1 rings (SSSR count). The van der Waals surface area contributed by atoms with Gasteiger partial charge in [-0.2, -0.15) is 0 Å². The van der Waals surface area contributed by atoms with E-state index in [4.69, 9.17) is 35.9 Å². The van der Waals surface area contributed by atoms with Gasteiger partial charge in [0, 0.05) is 24.0 Å². The number of rotatable bonds is 28. The molecule has 1 saturated heterocycles. The zero-order valence-corrected chi connectivity index (χ0v) is 40.1. The first-order valence-corrected chi connectivity index (χ1v) is 23.6. The molecule has 332 valence electrons. The standard InChI is InChI=1S/C44H79NO9S3/c1-13-15-26-51-35(46)33(42(8,9)57-39(55)56-30-16-14-2)31-43(10)34(36(47)52-27-22-18-17-21-25-50-12)32-44(11,45-43)38(49)54-29-24-20-19-23-28-53-37(48)41(6,7)40(3,4)5/h33-34,45H,13-32H2,1-12H3. The van der Waals surface area contributed by atoms with Crippen LogP contribution in [0, 0.1) is 22.7 Å². The molecule has 0 bridgehead atoms. The first-order valence-electron chi connectivity index (χ1n) is 21.4. The van der Waals surface area contributed by atoms with Gasteiger partial charge in [0.25, 0.3) is 0 Å². The fraction of sp³-hybridized carbons (Fsp3) is 0.886. The second kappa shape index (κ2) is 26.0. The molecule has 0 radical (unpaired) electrons. The molecule has 0 spiro atoms. The summed E-state index contributed by atoms with van der Waals surface area (Å²) in [5.41, 5.74) is -2.98. The third-order valence-corrected chi connectivity index (χ3v) is 14.5. The highest BCUT2D eigenvalue weighted by atomic mass is 32.2. The van der Waals surface area contributed by atoms with Gasteiger partial charge in [-0.3, -0.25) is 24.5 Å². The fourth-order valence-electron chi connectivity index (χ4n) is 6.65. The van der Waals surface area contributed by atoms with Crippen molar-refractivity contribution in [2.24, 2.45) is 22.7 Å². The molecule has 0 aromatic heterocycles. The van der Waals surface area contributed by atoms with Crippen molar-refractivity contribution in [1.29, 1.82) is 0 Å². The molecule has 10 nitrogen and oxygen atoms in total. The second-order valence-corrected chi connectivity index (χ2v) is 22.2. The quantitative estimate of drug-likeness (QED) is 0.0347. The number of nitrogens with one attached hydrogen (secondary N) is 1. The lowest BCUT2D eigenvalue weighted by Gasteiger charge is -2.40. The van der Waals surface area contributed by atoms with Gasteiger partial charge in [-0.25, -0.2) is 0 Å². The van der Waals surface area contributed by atoms with Gasteiger partial charge in [-0.1, -0.05) is 66.1 Å². The molecule has 1 heterocycles. The summed E-state index contributed by atoms with van der Waals surface area (Å²) in [6, 6.07) is 0. The van der Waals surface area contributed by atoms with Crippen molar-refractivity contribution >= 4 is 63.1 Å². The second-order valence-electron chi connectivity index (χ2n) is 18.2. The number of ether oxygens (including phenoxy) is 5. The van der Waals surface area contributed by atoms with Crippen LogP contribution in [-0.2, 0) is 42.9 Å². The molecule has 0 aliphatic carbocycles. The number of thioether (sulfide) groups is 2. The lowest BCUT2D eigenvalue weighted by atomic mass is 9.69. The Morgan fingerprint density at radius 1 is 0.737 bits per heavy atom. The van der Waals surface area contributed by atoms with E-state index in [9.17, 15) is 19.2 Å². The topological polar surface area (TPSA) is 126 Å². The minimum absolute atomic E-state index is 0.168. The van der Waals surface area contributed by atoms with Crippen LogP contribution in [0.2, 0.25) is 0 Å². The summed E-state index contributed by atoms with van der Waals surface area (Å²) >= 11 is 8.91. The summed E-state index contributed by atoms with van der Waals surface area (Å²) in [6.07, 6.45) is 10.8. The maximum absolute atomic E-state index is 14.0. The van der Waals surface area contributed by atoms with E-state index in [1.54, 1.807) is 25.8 Å². The van der Waals surface area contributed by atoms with Crippen molar-refractivity contribution in [2.45, 2.75) is 182 Å². The highest BCUT2D eigenvalue weighted by molar-refractivity contribution is 8.47. The van der Waals surface area contributed by atoms with Crippen molar-refractivity contribution in [3.05, 3.63) is 0 Å². The van der Waals surface area contributed by atoms with Crippen molar-refractivity contribution < 1.29 is 42.9 Å². The van der Waals surface area contributed by atoms with Crippen LogP contribution >= 0.6 is 35.7 Å². The Hall–Kier alpha value is -1.41. The molecule has 57 heavy (non-hydrogen) atoms. The van der Waals surface area contributed by atoms with Gasteiger partial charge in [-0.15, -0.1) is 23.5 Å². The molecule has 1 aliphatic rings. The number of carbonyl (C=O) groups is 4. The Morgan fingerprint density at radius 3 is 1.81 bits per heavy atom. The van der Waals surface area contributed by atoms with Gasteiger partial charge in [-0.05, 0) is 123 Å². The summed E-state index contributed by atoms with van der Waals surface area (Å²) in [4.78, 5) is 54.4. The van der Waals surface area contributed by atoms with Crippen LogP contribution in [0.15, 0.2) is 0 Å². The number of hydrogen-bond acceptors (Lipinski definition) is 13. The Bertz CT molecular complexity index is 1250. The van der Waals surface area contributed by atoms with Crippen LogP contribution in [-0.4, -0.2) is 89.1 Å². The third-order valence-electron chi connectivity index (χ3n) is 11.6.